The lowest BCUT2D eigenvalue weighted by Crippen LogP contribution is -2.44. The van der Waals surface area contributed by atoms with Crippen LogP contribution in [0.3, 0.4) is 0 Å². The summed E-state index contributed by atoms with van der Waals surface area (Å²) in [7, 11) is -2.73. The fourth-order valence-corrected chi connectivity index (χ4v) is 5.79. The molecule has 1 aliphatic rings. The monoisotopic (exact) mass is 496 g/mol. The maximum absolute atomic E-state index is 14.0. The maximum Gasteiger partial charge on any atom is 0.273 e. The first kappa shape index (κ1) is 21.0. The molecular formula is C20H22BrFN4O3S. The quantitative estimate of drug-likeness (QED) is 0.546. The van der Waals surface area contributed by atoms with Crippen molar-refractivity contribution in [1.82, 2.24) is 14.6 Å². The molecule has 0 saturated heterocycles. The highest BCUT2D eigenvalue weighted by atomic mass is 79.9. The summed E-state index contributed by atoms with van der Waals surface area (Å²) in [5.74, 6) is -0.431. The topological polar surface area (TPSA) is 76.8 Å². The minimum Gasteiger partial charge on any atom is -0.479 e. The number of ether oxygens (including phenoxy) is 1. The molecule has 1 aliphatic heterocycles. The van der Waals surface area contributed by atoms with Crippen LogP contribution in [-0.4, -0.2) is 36.7 Å². The van der Waals surface area contributed by atoms with Crippen molar-refractivity contribution in [2.45, 2.75) is 32.1 Å². The highest BCUT2D eigenvalue weighted by Gasteiger charge is 2.41. The van der Waals surface area contributed by atoms with Gasteiger partial charge in [0.2, 0.25) is 0 Å². The van der Waals surface area contributed by atoms with E-state index in [9.17, 15) is 12.8 Å². The largest absolute Gasteiger partial charge is 0.479 e. The Morgan fingerprint density at radius 1 is 1.30 bits per heavy atom. The highest BCUT2D eigenvalue weighted by Crippen LogP contribution is 2.42. The fourth-order valence-electron chi connectivity index (χ4n) is 3.74. The van der Waals surface area contributed by atoms with E-state index in [0.717, 1.165) is 0 Å². The first-order valence-electron chi connectivity index (χ1n) is 9.41. The Kier molecular flexibility index (Phi) is 5.05. The standard InChI is InChI=1S/C20H22BrFN4O3S/c1-20(2,3)13-7-12-8-15(22)5-6-16(12)26(10-13)30(27,28)17-18-23-9-14(21)11-25(18)24-19(17)29-4/h5-6,8-9,11,13H,7,10H2,1-4H3. The van der Waals surface area contributed by atoms with E-state index in [-0.39, 0.29) is 40.1 Å². The number of sulfonamides is 1. The molecule has 30 heavy (non-hydrogen) atoms. The first-order chi connectivity index (χ1) is 14.0. The molecule has 10 heteroatoms. The second kappa shape index (κ2) is 7.19. The summed E-state index contributed by atoms with van der Waals surface area (Å²) in [5, 5.41) is 4.23. The summed E-state index contributed by atoms with van der Waals surface area (Å²) in [5.41, 5.74) is 1.12. The van der Waals surface area contributed by atoms with Gasteiger partial charge in [-0.1, -0.05) is 20.8 Å². The number of anilines is 1. The van der Waals surface area contributed by atoms with Gasteiger partial charge in [0.15, 0.2) is 10.5 Å². The SMILES string of the molecule is COc1nn2cc(Br)cnc2c1S(=O)(=O)N1CC(C(C)(C)C)Cc2cc(F)ccc21. The van der Waals surface area contributed by atoms with Gasteiger partial charge in [-0.25, -0.2) is 22.3 Å². The molecule has 0 aliphatic carbocycles. The Morgan fingerprint density at radius 3 is 2.70 bits per heavy atom. The van der Waals surface area contributed by atoms with Crippen molar-refractivity contribution < 1.29 is 17.5 Å². The van der Waals surface area contributed by atoms with E-state index in [0.29, 0.717) is 22.1 Å². The van der Waals surface area contributed by atoms with E-state index in [2.05, 4.69) is 46.8 Å². The summed E-state index contributed by atoms with van der Waals surface area (Å²) < 4.78 is 50.4. The summed E-state index contributed by atoms with van der Waals surface area (Å²) in [6.45, 7) is 6.44. The zero-order chi connectivity index (χ0) is 21.8. The molecule has 2 aromatic heterocycles. The Balaban J connectivity index is 1.94. The number of halogens is 2. The van der Waals surface area contributed by atoms with Gasteiger partial charge in [0.1, 0.15) is 5.82 Å². The van der Waals surface area contributed by atoms with Gasteiger partial charge < -0.3 is 4.74 Å². The Morgan fingerprint density at radius 2 is 2.03 bits per heavy atom. The number of aromatic nitrogens is 3. The molecule has 0 bridgehead atoms. The maximum atomic E-state index is 14.0. The lowest BCUT2D eigenvalue weighted by atomic mass is 9.75. The zero-order valence-corrected chi connectivity index (χ0v) is 19.5. The van der Waals surface area contributed by atoms with Gasteiger partial charge in [-0.2, -0.15) is 0 Å². The van der Waals surface area contributed by atoms with Crippen molar-refractivity contribution >= 4 is 37.3 Å². The van der Waals surface area contributed by atoms with E-state index in [1.807, 2.05) is 0 Å². The van der Waals surface area contributed by atoms with Gasteiger partial charge in [-0.15, -0.1) is 5.10 Å². The molecule has 0 radical (unpaired) electrons. The first-order valence-corrected chi connectivity index (χ1v) is 11.6. The minimum absolute atomic E-state index is 0.00323. The summed E-state index contributed by atoms with van der Waals surface area (Å²) in [6.07, 6.45) is 3.72. The third kappa shape index (κ3) is 3.45. The molecule has 1 unspecified atom stereocenters. The molecule has 7 nitrogen and oxygen atoms in total. The second-order valence-electron chi connectivity index (χ2n) is 8.46. The van der Waals surface area contributed by atoms with Crippen molar-refractivity contribution in [3.8, 4) is 5.88 Å². The van der Waals surface area contributed by atoms with Crippen molar-refractivity contribution in [3.05, 3.63) is 46.4 Å². The lowest BCUT2D eigenvalue weighted by Gasteiger charge is -2.40. The zero-order valence-electron chi connectivity index (χ0n) is 17.1. The van der Waals surface area contributed by atoms with E-state index >= 15 is 0 Å². The van der Waals surface area contributed by atoms with E-state index < -0.39 is 10.0 Å². The number of fused-ring (bicyclic) bond motifs is 2. The summed E-state index contributed by atoms with van der Waals surface area (Å²) in [6, 6.07) is 4.21. The highest BCUT2D eigenvalue weighted by molar-refractivity contribution is 9.10. The van der Waals surface area contributed by atoms with Gasteiger partial charge in [0, 0.05) is 18.9 Å². The molecule has 1 atom stereocenters. The van der Waals surface area contributed by atoms with Crippen molar-refractivity contribution in [2.24, 2.45) is 11.3 Å². The van der Waals surface area contributed by atoms with Crippen LogP contribution in [-0.2, 0) is 16.4 Å². The normalized spacial score (nSPS) is 17.3. The van der Waals surface area contributed by atoms with Gasteiger partial charge in [-0.3, -0.25) is 4.31 Å². The van der Waals surface area contributed by atoms with Gasteiger partial charge in [0.05, 0.1) is 17.3 Å². The molecule has 160 valence electrons. The Hall–Kier alpha value is -2.20. The van der Waals surface area contributed by atoms with Crippen LogP contribution < -0.4 is 9.04 Å². The third-order valence-corrected chi connectivity index (χ3v) is 7.71. The number of hydrogen-bond donors (Lipinski definition) is 0. The van der Waals surface area contributed by atoms with Crippen molar-refractivity contribution in [3.63, 3.8) is 0 Å². The molecule has 0 saturated carbocycles. The number of rotatable bonds is 3. The van der Waals surface area contributed by atoms with Crippen LogP contribution >= 0.6 is 15.9 Å². The molecular weight excluding hydrogens is 475 g/mol. The number of methoxy groups -OCH3 is 1. The summed E-state index contributed by atoms with van der Waals surface area (Å²) >= 11 is 3.31. The second-order valence-corrected chi connectivity index (χ2v) is 11.2. The lowest BCUT2D eigenvalue weighted by molar-refractivity contribution is 0.241. The van der Waals surface area contributed by atoms with Gasteiger partial charge in [0.25, 0.3) is 15.9 Å². The average molecular weight is 497 g/mol. The van der Waals surface area contributed by atoms with Crippen LogP contribution in [0.2, 0.25) is 0 Å². The predicted molar refractivity (Wildman–Crippen MR) is 115 cm³/mol. The fraction of sp³-hybridized carbons (Fsp3) is 0.400. The van der Waals surface area contributed by atoms with Crippen LogP contribution in [0.1, 0.15) is 26.3 Å². The number of nitrogens with zero attached hydrogens (tertiary/aromatic N) is 4. The molecule has 3 heterocycles. The molecule has 0 spiro atoms. The van der Waals surface area contributed by atoms with Crippen LogP contribution in [0.5, 0.6) is 5.88 Å². The van der Waals surface area contributed by atoms with Gasteiger partial charge >= 0.3 is 0 Å². The van der Waals surface area contributed by atoms with Crippen LogP contribution in [0, 0.1) is 17.2 Å². The molecule has 4 rings (SSSR count). The number of benzene rings is 1. The molecule has 1 aromatic carbocycles. The minimum atomic E-state index is -4.10. The number of hydrogen-bond acceptors (Lipinski definition) is 5. The molecule has 0 N–H and O–H groups in total. The van der Waals surface area contributed by atoms with Gasteiger partial charge in [-0.05, 0) is 57.4 Å². The van der Waals surface area contributed by atoms with E-state index in [4.69, 9.17) is 4.74 Å². The Bertz CT molecular complexity index is 1240. The van der Waals surface area contributed by atoms with Crippen LogP contribution in [0.25, 0.3) is 5.65 Å². The van der Waals surface area contributed by atoms with Crippen molar-refractivity contribution in [2.75, 3.05) is 18.0 Å². The van der Waals surface area contributed by atoms with E-state index in [1.54, 1.807) is 6.20 Å². The summed E-state index contributed by atoms with van der Waals surface area (Å²) in [4.78, 5) is 4.15. The average Bonchev–Trinajstić information content (AvgIpc) is 3.04. The van der Waals surface area contributed by atoms with E-state index in [1.165, 1.54) is 40.3 Å². The molecule has 0 fully saturated rings. The Labute approximate surface area is 183 Å². The third-order valence-electron chi connectivity index (χ3n) is 5.50. The van der Waals surface area contributed by atoms with Crippen molar-refractivity contribution in [1.29, 1.82) is 0 Å². The predicted octanol–water partition coefficient (Wildman–Crippen LogP) is 4.05. The molecule has 0 amide bonds. The molecule has 3 aromatic rings. The van der Waals surface area contributed by atoms with Crippen LogP contribution in [0.4, 0.5) is 10.1 Å². The smallest absolute Gasteiger partial charge is 0.273 e. The van der Waals surface area contributed by atoms with Crippen LogP contribution in [0.15, 0.2) is 40.0 Å².